The van der Waals surface area contributed by atoms with Gasteiger partial charge in [-0.05, 0) is 12.8 Å². The lowest BCUT2D eigenvalue weighted by atomic mass is 9.84. The summed E-state index contributed by atoms with van der Waals surface area (Å²) in [7, 11) is 0. The van der Waals surface area contributed by atoms with E-state index in [4.69, 9.17) is 14.6 Å². The highest BCUT2D eigenvalue weighted by Gasteiger charge is 2.76. The zero-order valence-corrected chi connectivity index (χ0v) is 22.2. The van der Waals surface area contributed by atoms with Crippen LogP contribution in [0.5, 0.6) is 0 Å². The SMILES string of the molecule is O=C1CC2(O)CC(=O)O[C@](O)([C@H](O)CO)[C@@](O)(OC2=O)C(O)(CCCCCCCCC(O)[C@H](O)[C@H](O)[C@H](O)CO)O1. The lowest BCUT2D eigenvalue weighted by Crippen LogP contribution is -2.78. The van der Waals surface area contributed by atoms with E-state index >= 15 is 0 Å². The lowest BCUT2D eigenvalue weighted by molar-refractivity contribution is -0.471. The summed E-state index contributed by atoms with van der Waals surface area (Å²) >= 11 is 0. The van der Waals surface area contributed by atoms with Crippen LogP contribution in [0.4, 0.5) is 0 Å². The molecule has 0 spiro atoms. The molecule has 2 bridgehead atoms. The van der Waals surface area contributed by atoms with Gasteiger partial charge in [0.25, 0.3) is 5.79 Å². The second-order valence-corrected chi connectivity index (χ2v) is 10.5. The number of unbranched alkanes of at least 4 members (excludes halogenated alkanes) is 5. The molecule has 2 rings (SSSR count). The summed E-state index contributed by atoms with van der Waals surface area (Å²) in [5.41, 5.74) is -2.89. The molecule has 41 heavy (non-hydrogen) atoms. The van der Waals surface area contributed by atoms with Gasteiger partial charge in [-0.25, -0.2) is 4.79 Å². The summed E-state index contributed by atoms with van der Waals surface area (Å²) in [6.07, 6.45) is -9.92. The number of carbonyl (C=O) groups excluding carboxylic acids is 3. The summed E-state index contributed by atoms with van der Waals surface area (Å²) < 4.78 is 14.4. The molecule has 0 radical (unpaired) electrons. The summed E-state index contributed by atoms with van der Waals surface area (Å²) in [6, 6.07) is 0. The van der Waals surface area contributed by atoms with Crippen molar-refractivity contribution in [3.63, 3.8) is 0 Å². The molecule has 0 saturated carbocycles. The Balaban J connectivity index is 2.04. The molecule has 0 aromatic carbocycles. The average Bonchev–Trinajstić information content (AvgIpc) is 2.90. The number of aliphatic hydroxyl groups is 11. The summed E-state index contributed by atoms with van der Waals surface area (Å²) in [6.45, 7) is -2.18. The van der Waals surface area contributed by atoms with Crippen LogP contribution < -0.4 is 0 Å². The first-order valence-corrected chi connectivity index (χ1v) is 13.2. The van der Waals surface area contributed by atoms with Gasteiger partial charge in [0.15, 0.2) is 5.60 Å². The van der Waals surface area contributed by atoms with Crippen LogP contribution in [-0.4, -0.2) is 141 Å². The highest BCUT2D eigenvalue weighted by molar-refractivity contribution is 5.91. The Morgan fingerprint density at radius 3 is 1.73 bits per heavy atom. The van der Waals surface area contributed by atoms with Crippen LogP contribution >= 0.6 is 0 Å². The van der Waals surface area contributed by atoms with Crippen LogP contribution in [0.15, 0.2) is 0 Å². The molecular weight excluding hydrogens is 560 g/mol. The second-order valence-electron chi connectivity index (χ2n) is 10.5. The lowest BCUT2D eigenvalue weighted by Gasteiger charge is -2.52. The van der Waals surface area contributed by atoms with E-state index < -0.39 is 104 Å². The number of esters is 3. The molecule has 2 saturated heterocycles. The monoisotopic (exact) mass is 600 g/mol. The van der Waals surface area contributed by atoms with Crippen molar-refractivity contribution in [2.45, 2.75) is 118 Å². The fourth-order valence-corrected chi connectivity index (χ4v) is 4.72. The second kappa shape index (κ2) is 14.0. The molecular formula is C24H40O17. The maximum Gasteiger partial charge on any atom is 0.346 e. The molecule has 17 nitrogen and oxygen atoms in total. The van der Waals surface area contributed by atoms with Gasteiger partial charge in [0.05, 0.1) is 32.2 Å². The third-order valence-corrected chi connectivity index (χ3v) is 7.28. The maximum atomic E-state index is 12.7. The number of carbonyl (C=O) groups is 3. The van der Waals surface area contributed by atoms with E-state index in [0.29, 0.717) is 25.7 Å². The van der Waals surface area contributed by atoms with Crippen LogP contribution in [0.2, 0.25) is 0 Å². The standard InChI is InChI=1S/C24H40O17/c25-11-14(28)19(33)18(32)13(27)7-5-3-1-2-4-6-8-22(36)24(38)23(37,15(29)12-26)40-17(31)10-21(35,20(34)41-24)9-16(30)39-22/h13-15,18-19,25-29,32-33,35-38H,1-12H2/t13?,14-,15-,18+,19-,21?,22?,23-,24+/m1/s1. The summed E-state index contributed by atoms with van der Waals surface area (Å²) in [5, 5.41) is 111. The molecule has 0 amide bonds. The molecule has 0 aliphatic carbocycles. The maximum absolute atomic E-state index is 12.7. The van der Waals surface area contributed by atoms with Gasteiger partial charge in [0.2, 0.25) is 0 Å². The average molecular weight is 601 g/mol. The number of hydrogen-bond donors (Lipinski definition) is 11. The number of rotatable bonds is 15. The number of ether oxygens (including phenoxy) is 3. The van der Waals surface area contributed by atoms with Gasteiger partial charge in [-0.15, -0.1) is 0 Å². The van der Waals surface area contributed by atoms with Crippen molar-refractivity contribution in [3.05, 3.63) is 0 Å². The van der Waals surface area contributed by atoms with E-state index in [0.717, 1.165) is 0 Å². The van der Waals surface area contributed by atoms with Gasteiger partial charge in [-0.2, -0.15) is 0 Å². The molecule has 2 heterocycles. The minimum absolute atomic E-state index is 0.0697. The fraction of sp³-hybridized carbons (Fsp3) is 0.875. The van der Waals surface area contributed by atoms with Crippen molar-refractivity contribution in [2.75, 3.05) is 13.2 Å². The van der Waals surface area contributed by atoms with Crippen LogP contribution in [-0.2, 0) is 28.6 Å². The van der Waals surface area contributed by atoms with Gasteiger partial charge < -0.3 is 70.4 Å². The van der Waals surface area contributed by atoms with Crippen molar-refractivity contribution in [1.82, 2.24) is 0 Å². The zero-order valence-electron chi connectivity index (χ0n) is 22.2. The van der Waals surface area contributed by atoms with E-state index in [-0.39, 0.29) is 19.3 Å². The van der Waals surface area contributed by atoms with Crippen molar-refractivity contribution in [1.29, 1.82) is 0 Å². The minimum atomic E-state index is -3.90. The largest absolute Gasteiger partial charge is 0.425 e. The van der Waals surface area contributed by atoms with E-state index in [2.05, 4.69) is 4.74 Å². The zero-order chi connectivity index (χ0) is 31.2. The molecule has 0 aromatic heterocycles. The van der Waals surface area contributed by atoms with Crippen LogP contribution in [0.25, 0.3) is 0 Å². The molecule has 0 aromatic rings. The van der Waals surface area contributed by atoms with Gasteiger partial charge in [-0.1, -0.05) is 32.1 Å². The number of hydrogen-bond acceptors (Lipinski definition) is 17. The van der Waals surface area contributed by atoms with E-state index in [9.17, 15) is 65.4 Å². The van der Waals surface area contributed by atoms with E-state index in [1.807, 2.05) is 0 Å². The summed E-state index contributed by atoms with van der Waals surface area (Å²) in [4.78, 5) is 37.5. The van der Waals surface area contributed by atoms with Gasteiger partial charge in [0.1, 0.15) is 24.4 Å². The first-order chi connectivity index (χ1) is 19.0. The number of cyclic esters (lactones) is 2. The molecule has 2 aliphatic rings. The molecule has 2 aliphatic heterocycles. The molecule has 11 N–H and O–H groups in total. The summed E-state index contributed by atoms with van der Waals surface area (Å²) in [5.74, 6) is -15.8. The van der Waals surface area contributed by atoms with Crippen LogP contribution in [0, 0.1) is 0 Å². The Labute approximate surface area is 234 Å². The van der Waals surface area contributed by atoms with Gasteiger partial charge >= 0.3 is 29.5 Å². The molecule has 238 valence electrons. The highest BCUT2D eigenvalue weighted by atomic mass is 16.8. The van der Waals surface area contributed by atoms with Crippen molar-refractivity contribution < 1.29 is 84.8 Å². The Bertz CT molecular complexity index is 917. The van der Waals surface area contributed by atoms with E-state index in [1.54, 1.807) is 0 Å². The predicted molar refractivity (Wildman–Crippen MR) is 128 cm³/mol. The first kappa shape index (κ1) is 35.2. The van der Waals surface area contributed by atoms with Crippen molar-refractivity contribution in [2.24, 2.45) is 0 Å². The van der Waals surface area contributed by atoms with Gasteiger partial charge in [0, 0.05) is 6.42 Å². The fourth-order valence-electron chi connectivity index (χ4n) is 4.72. The Hall–Kier alpha value is -2.03. The van der Waals surface area contributed by atoms with E-state index in [1.165, 1.54) is 0 Å². The predicted octanol–water partition coefficient (Wildman–Crippen LogP) is -4.87. The Kier molecular flexibility index (Phi) is 12.0. The van der Waals surface area contributed by atoms with Crippen molar-refractivity contribution in [3.8, 4) is 0 Å². The number of aliphatic hydroxyl groups excluding tert-OH is 7. The normalized spacial score (nSPS) is 34.2. The van der Waals surface area contributed by atoms with Crippen LogP contribution in [0.3, 0.4) is 0 Å². The number of fused-ring (bicyclic) bond motifs is 3. The third kappa shape index (κ3) is 7.49. The van der Waals surface area contributed by atoms with Crippen LogP contribution in [0.1, 0.15) is 64.2 Å². The highest BCUT2D eigenvalue weighted by Crippen LogP contribution is 2.46. The Morgan fingerprint density at radius 2 is 1.17 bits per heavy atom. The molecule has 17 heteroatoms. The van der Waals surface area contributed by atoms with Crippen molar-refractivity contribution >= 4 is 17.9 Å². The van der Waals surface area contributed by atoms with Gasteiger partial charge in [-0.3, -0.25) is 9.59 Å². The Morgan fingerprint density at radius 1 is 0.659 bits per heavy atom. The first-order valence-electron chi connectivity index (χ1n) is 13.2. The molecule has 2 fully saturated rings. The topological polar surface area (TPSA) is 301 Å². The third-order valence-electron chi connectivity index (χ3n) is 7.28. The molecule has 9 atom stereocenters. The quantitative estimate of drug-likeness (QED) is 0.0477. The molecule has 3 unspecified atom stereocenters. The minimum Gasteiger partial charge on any atom is -0.425 e. The smallest absolute Gasteiger partial charge is 0.346 e.